The van der Waals surface area contributed by atoms with Crippen molar-refractivity contribution < 1.29 is 68.2 Å². The molecule has 4 aliphatic carbocycles. The Kier molecular flexibility index (Phi) is 12.5. The number of rotatable bonds is 9. The topological polar surface area (TPSA) is 0 Å². The Morgan fingerprint density at radius 2 is 0.812 bits per heavy atom. The SMILES string of the molecule is C[SiH](C)[Zr]([Cl])([Cl])([CH]1C(CC2CCCC2)=Cc2c(-c3cc(C(F)(F)F)cc(C(F)(F)F)c3)cccc21)[CH]1C(CC2CCCC2)=Cc2c(-c3cc(C(F)(F)F)cc(C(F)(F)F)c3)cccc21. The van der Waals surface area contributed by atoms with Crippen LogP contribution in [-0.2, 0) is 40.3 Å². The van der Waals surface area contributed by atoms with E-state index in [1.165, 1.54) is 12.1 Å². The molecule has 8 rings (SSSR count). The maximum atomic E-state index is 14.2. The van der Waals surface area contributed by atoms with E-state index >= 15 is 0 Å². The predicted molar refractivity (Wildman–Crippen MR) is 229 cm³/mol. The van der Waals surface area contributed by atoms with Crippen LogP contribution in [0.1, 0.15) is 116 Å². The van der Waals surface area contributed by atoms with E-state index in [2.05, 4.69) is 13.1 Å². The third kappa shape index (κ3) is 8.77. The summed E-state index contributed by atoms with van der Waals surface area (Å²) in [7, 11) is 17.3. The average Bonchev–Trinajstić information content (AvgIpc) is 4.03. The zero-order chi connectivity index (χ0) is 46.4. The van der Waals surface area contributed by atoms with Gasteiger partial charge in [-0.3, -0.25) is 0 Å². The molecule has 343 valence electrons. The van der Waals surface area contributed by atoms with Crippen molar-refractivity contribution in [1.29, 1.82) is 0 Å². The quantitative estimate of drug-likeness (QED) is 0.116. The Morgan fingerprint density at radius 3 is 1.09 bits per heavy atom. The zero-order valence-electron chi connectivity index (χ0n) is 34.8. The Balaban J connectivity index is 1.37. The summed E-state index contributed by atoms with van der Waals surface area (Å²) in [5.41, 5.74) is -2.14. The van der Waals surface area contributed by atoms with E-state index in [1.54, 1.807) is 12.1 Å². The number of allylic oxidation sites excluding steroid dienone is 2. The Hall–Kier alpha value is -2.80. The van der Waals surface area contributed by atoms with E-state index in [1.807, 2.05) is 24.3 Å². The standard InChI is InChI=1S/2C23H19F6.C2H7Si.2ClH.Zr/c2*24-22(25,26)18-11-17(12-19(13-18)23(27,28)29)20-7-3-6-16-9-15(10-21(16)20)8-14-4-1-2-5-14;1-3-2;;;/h2*3,6-7,9-14H,1-2,4-5,8H2;3H,1-2H3;2*1H;/q;;;;;+2/p-2. The van der Waals surface area contributed by atoms with Crippen LogP contribution in [0.4, 0.5) is 52.7 Å². The van der Waals surface area contributed by atoms with Gasteiger partial charge in [0.15, 0.2) is 0 Å². The molecule has 0 radical (unpaired) electrons. The van der Waals surface area contributed by atoms with Gasteiger partial charge in [0, 0.05) is 0 Å². The van der Waals surface area contributed by atoms with E-state index < -0.39 is 75.7 Å². The Bertz CT molecular complexity index is 2290. The van der Waals surface area contributed by atoms with Crippen LogP contribution >= 0.6 is 17.0 Å². The van der Waals surface area contributed by atoms with E-state index in [-0.39, 0.29) is 46.2 Å². The molecule has 2 unspecified atom stereocenters. The third-order valence-electron chi connectivity index (χ3n) is 14.3. The van der Waals surface area contributed by atoms with E-state index in [4.69, 9.17) is 17.0 Å². The van der Waals surface area contributed by atoms with Crippen molar-refractivity contribution in [2.75, 3.05) is 0 Å². The summed E-state index contributed by atoms with van der Waals surface area (Å²) >= 11 is -5.82. The van der Waals surface area contributed by atoms with Gasteiger partial charge < -0.3 is 0 Å². The summed E-state index contributed by atoms with van der Waals surface area (Å²) in [6.45, 7) is 4.11. The van der Waals surface area contributed by atoms with E-state index in [0.717, 1.165) is 86.8 Å². The van der Waals surface area contributed by atoms with Crippen LogP contribution in [0, 0.1) is 11.8 Å². The molecule has 0 bridgehead atoms. The molecule has 4 aromatic rings. The van der Waals surface area contributed by atoms with Gasteiger partial charge >= 0.3 is 375 Å². The van der Waals surface area contributed by atoms with Crippen LogP contribution in [0.5, 0.6) is 0 Å². The molecule has 4 aromatic carbocycles. The molecule has 0 aliphatic heterocycles. The summed E-state index contributed by atoms with van der Waals surface area (Å²) in [5.74, 6) is -1.91. The van der Waals surface area contributed by atoms with Crippen LogP contribution in [0.25, 0.3) is 34.4 Å². The molecule has 4 aliphatic rings. The van der Waals surface area contributed by atoms with Gasteiger partial charge in [-0.25, -0.2) is 0 Å². The van der Waals surface area contributed by atoms with E-state index in [0.29, 0.717) is 35.1 Å². The molecule has 0 amide bonds. The molecule has 2 fully saturated rings. The van der Waals surface area contributed by atoms with Gasteiger partial charge in [0.25, 0.3) is 0 Å². The molecular formula is C48H45Cl2F12SiZr. The zero-order valence-corrected chi connectivity index (χ0v) is 40.0. The average molecular weight is 1040 g/mol. The number of hydrogen-bond donors (Lipinski definition) is 0. The minimum absolute atomic E-state index is 0.0997. The molecule has 2 atom stereocenters. The first-order chi connectivity index (χ1) is 29.7. The molecular weight excluding hydrogens is 995 g/mol. The van der Waals surface area contributed by atoms with Crippen LogP contribution in [-0.4, -0.2) is 5.92 Å². The molecule has 0 N–H and O–H groups in total. The summed E-state index contributed by atoms with van der Waals surface area (Å²) in [5, 5.41) is 0. The fourth-order valence-electron chi connectivity index (χ4n) is 11.2. The second-order valence-corrected chi connectivity index (χ2v) is 61.1. The van der Waals surface area contributed by atoms with Crippen molar-refractivity contribution in [2.24, 2.45) is 11.8 Å². The Morgan fingerprint density at radius 1 is 0.500 bits per heavy atom. The first-order valence-electron chi connectivity index (χ1n) is 21.6. The van der Waals surface area contributed by atoms with Gasteiger partial charge in [-0.15, -0.1) is 0 Å². The van der Waals surface area contributed by atoms with Crippen molar-refractivity contribution in [3.63, 3.8) is 0 Å². The fraction of sp³-hybridized carbons (Fsp3) is 0.417. The Labute approximate surface area is 372 Å². The van der Waals surface area contributed by atoms with E-state index in [9.17, 15) is 52.7 Å². The van der Waals surface area contributed by atoms with Gasteiger partial charge in [0.2, 0.25) is 0 Å². The molecule has 0 nitrogen and oxygen atoms in total. The summed E-state index contributed by atoms with van der Waals surface area (Å²) in [6, 6.07) is 12.9. The molecule has 0 saturated heterocycles. The minimum atomic E-state index is -5.82. The second-order valence-electron chi connectivity index (χ2n) is 18.6. The summed E-state index contributed by atoms with van der Waals surface area (Å²) in [4.78, 5) is 0. The van der Waals surface area contributed by atoms with Crippen molar-refractivity contribution in [3.8, 4) is 22.3 Å². The van der Waals surface area contributed by atoms with Crippen LogP contribution in [0.3, 0.4) is 0 Å². The molecule has 64 heavy (non-hydrogen) atoms. The third-order valence-corrected chi connectivity index (χ3v) is 66.2. The first kappa shape index (κ1) is 47.7. The van der Waals surface area contributed by atoms with Crippen molar-refractivity contribution >= 4 is 35.1 Å². The van der Waals surface area contributed by atoms with Gasteiger partial charge in [-0.05, 0) is 0 Å². The fourth-order valence-corrected chi connectivity index (χ4v) is 42.6. The summed E-state index contributed by atoms with van der Waals surface area (Å²) in [6.07, 6.45) is -7.89. The van der Waals surface area contributed by atoms with Gasteiger partial charge in [-0.2, -0.15) is 0 Å². The predicted octanol–water partition coefficient (Wildman–Crippen LogP) is 17.8. The molecule has 2 saturated carbocycles. The molecule has 0 heterocycles. The number of alkyl halides is 12. The van der Waals surface area contributed by atoms with Crippen LogP contribution < -0.4 is 0 Å². The molecule has 0 aromatic heterocycles. The van der Waals surface area contributed by atoms with Crippen LogP contribution in [0.15, 0.2) is 83.9 Å². The molecule has 16 heteroatoms. The molecule has 0 spiro atoms. The maximum absolute atomic E-state index is 14.2. The number of halogens is 14. The van der Waals surface area contributed by atoms with Gasteiger partial charge in [-0.1, -0.05) is 0 Å². The normalized spacial score (nSPS) is 20.7. The van der Waals surface area contributed by atoms with Crippen LogP contribution in [0.2, 0.25) is 13.1 Å². The number of fused-ring (bicyclic) bond motifs is 2. The van der Waals surface area contributed by atoms with Crippen molar-refractivity contribution in [3.05, 3.63) is 128 Å². The van der Waals surface area contributed by atoms with Crippen molar-refractivity contribution in [2.45, 2.75) is 109 Å². The number of benzene rings is 4. The van der Waals surface area contributed by atoms with Gasteiger partial charge in [0.05, 0.1) is 0 Å². The number of hydrogen-bond acceptors (Lipinski definition) is 0. The van der Waals surface area contributed by atoms with Crippen molar-refractivity contribution in [1.82, 2.24) is 0 Å². The van der Waals surface area contributed by atoms with Gasteiger partial charge in [0.1, 0.15) is 0 Å². The summed E-state index contributed by atoms with van der Waals surface area (Å²) < 4.78 is 169. The monoisotopic (exact) mass is 1040 g/mol. The second kappa shape index (κ2) is 16.8. The first-order valence-corrected chi connectivity index (χ1v) is 37.9.